The van der Waals surface area contributed by atoms with Crippen molar-refractivity contribution in [3.8, 4) is 22.6 Å². The van der Waals surface area contributed by atoms with E-state index in [0.717, 1.165) is 36.0 Å². The second-order valence-electron chi connectivity index (χ2n) is 7.02. The number of hydrogen-bond acceptors (Lipinski definition) is 5. The van der Waals surface area contributed by atoms with Crippen LogP contribution in [0.1, 0.15) is 19.3 Å². The van der Waals surface area contributed by atoms with Gasteiger partial charge in [-0.3, -0.25) is 4.79 Å². The van der Waals surface area contributed by atoms with Crippen LogP contribution in [0.3, 0.4) is 0 Å². The van der Waals surface area contributed by atoms with Crippen molar-refractivity contribution in [3.05, 3.63) is 42.5 Å². The van der Waals surface area contributed by atoms with Crippen LogP contribution in [0.2, 0.25) is 0 Å². The standard InChI is InChI=1S/C21H26N2O5S/c1-27-17-10-7-15(8-11-17)18-14-16(9-12-20(18)28-2)22-21(24)19-6-4-5-13-23(19)29(3,25)26/h7-12,14,19H,4-6,13H2,1-3H3,(H,22,24)/t19-/m0/s1. The summed E-state index contributed by atoms with van der Waals surface area (Å²) in [6, 6.07) is 12.2. The van der Waals surface area contributed by atoms with Crippen molar-refractivity contribution >= 4 is 21.6 Å². The van der Waals surface area contributed by atoms with Crippen LogP contribution in [0.15, 0.2) is 42.5 Å². The van der Waals surface area contributed by atoms with Gasteiger partial charge in [0.25, 0.3) is 0 Å². The Morgan fingerprint density at radius 2 is 1.79 bits per heavy atom. The molecular weight excluding hydrogens is 392 g/mol. The number of hydrogen-bond donors (Lipinski definition) is 1. The highest BCUT2D eigenvalue weighted by Crippen LogP contribution is 2.34. The van der Waals surface area contributed by atoms with Crippen molar-refractivity contribution in [3.63, 3.8) is 0 Å². The van der Waals surface area contributed by atoms with Gasteiger partial charge < -0.3 is 14.8 Å². The van der Waals surface area contributed by atoms with Crippen LogP contribution < -0.4 is 14.8 Å². The van der Waals surface area contributed by atoms with Crippen LogP contribution in [-0.4, -0.2) is 51.7 Å². The summed E-state index contributed by atoms with van der Waals surface area (Å²) in [6.45, 7) is 0.372. The summed E-state index contributed by atoms with van der Waals surface area (Å²) in [5.74, 6) is 1.10. The molecule has 1 aliphatic rings. The highest BCUT2D eigenvalue weighted by atomic mass is 32.2. The summed E-state index contributed by atoms with van der Waals surface area (Å²) in [6.07, 6.45) is 3.25. The Kier molecular flexibility index (Phi) is 6.44. The summed E-state index contributed by atoms with van der Waals surface area (Å²) >= 11 is 0. The molecule has 0 aromatic heterocycles. The van der Waals surface area contributed by atoms with E-state index in [1.165, 1.54) is 4.31 Å². The molecular formula is C21H26N2O5S. The van der Waals surface area contributed by atoms with Gasteiger partial charge in [0.1, 0.15) is 17.5 Å². The van der Waals surface area contributed by atoms with Gasteiger partial charge in [-0.05, 0) is 48.7 Å². The van der Waals surface area contributed by atoms with Gasteiger partial charge >= 0.3 is 0 Å². The van der Waals surface area contributed by atoms with Gasteiger partial charge in [0.15, 0.2) is 0 Å². The first kappa shape index (κ1) is 21.1. The third kappa shape index (κ3) is 4.89. The van der Waals surface area contributed by atoms with Gasteiger partial charge in [0.2, 0.25) is 15.9 Å². The minimum atomic E-state index is -3.44. The number of carbonyl (C=O) groups is 1. The number of piperidine rings is 1. The molecule has 1 fully saturated rings. The van der Waals surface area contributed by atoms with E-state index < -0.39 is 16.1 Å². The number of rotatable bonds is 6. The molecule has 0 aliphatic carbocycles. The Labute approximate surface area is 171 Å². The van der Waals surface area contributed by atoms with Crippen LogP contribution in [-0.2, 0) is 14.8 Å². The lowest BCUT2D eigenvalue weighted by atomic mass is 10.0. The van der Waals surface area contributed by atoms with Crippen molar-refractivity contribution in [1.29, 1.82) is 0 Å². The van der Waals surface area contributed by atoms with Crippen LogP contribution in [0.4, 0.5) is 5.69 Å². The Bertz CT molecular complexity index is 973. The topological polar surface area (TPSA) is 84.9 Å². The van der Waals surface area contributed by atoms with Crippen LogP contribution >= 0.6 is 0 Å². The number of carbonyl (C=O) groups excluding carboxylic acids is 1. The predicted octanol–water partition coefficient (Wildman–Crippen LogP) is 3.12. The molecule has 0 spiro atoms. The molecule has 2 aromatic rings. The molecule has 3 rings (SSSR count). The largest absolute Gasteiger partial charge is 0.497 e. The van der Waals surface area contributed by atoms with Crippen molar-refractivity contribution in [2.75, 3.05) is 32.3 Å². The first-order valence-electron chi connectivity index (χ1n) is 9.43. The Balaban J connectivity index is 1.86. The lowest BCUT2D eigenvalue weighted by molar-refractivity contribution is -0.120. The minimum Gasteiger partial charge on any atom is -0.497 e. The maximum absolute atomic E-state index is 12.8. The lowest BCUT2D eigenvalue weighted by Gasteiger charge is -2.32. The zero-order valence-corrected chi connectivity index (χ0v) is 17.7. The molecule has 156 valence electrons. The second-order valence-corrected chi connectivity index (χ2v) is 8.95. The van der Waals surface area contributed by atoms with Crippen molar-refractivity contribution in [2.24, 2.45) is 0 Å². The average Bonchev–Trinajstić information content (AvgIpc) is 2.73. The van der Waals surface area contributed by atoms with E-state index in [-0.39, 0.29) is 5.91 Å². The zero-order chi connectivity index (χ0) is 21.0. The van der Waals surface area contributed by atoms with E-state index in [2.05, 4.69) is 5.32 Å². The average molecular weight is 419 g/mol. The number of nitrogens with one attached hydrogen (secondary N) is 1. The smallest absolute Gasteiger partial charge is 0.242 e. The van der Waals surface area contributed by atoms with Crippen molar-refractivity contribution in [2.45, 2.75) is 25.3 Å². The van der Waals surface area contributed by atoms with Gasteiger partial charge in [-0.2, -0.15) is 4.31 Å². The van der Waals surface area contributed by atoms with Crippen molar-refractivity contribution < 1.29 is 22.7 Å². The fraction of sp³-hybridized carbons (Fsp3) is 0.381. The van der Waals surface area contributed by atoms with E-state index in [9.17, 15) is 13.2 Å². The number of ether oxygens (including phenoxy) is 2. The number of methoxy groups -OCH3 is 2. The molecule has 8 heteroatoms. The first-order chi connectivity index (χ1) is 13.8. The highest BCUT2D eigenvalue weighted by molar-refractivity contribution is 7.88. The Morgan fingerprint density at radius 3 is 2.41 bits per heavy atom. The fourth-order valence-electron chi connectivity index (χ4n) is 3.57. The molecule has 7 nitrogen and oxygen atoms in total. The third-order valence-corrected chi connectivity index (χ3v) is 6.34. The molecule has 1 atom stereocenters. The highest BCUT2D eigenvalue weighted by Gasteiger charge is 2.34. The van der Waals surface area contributed by atoms with E-state index >= 15 is 0 Å². The SMILES string of the molecule is COc1ccc(-c2cc(NC(=O)[C@@H]3CCCCN3S(C)(=O)=O)ccc2OC)cc1. The minimum absolute atomic E-state index is 0.319. The molecule has 2 aromatic carbocycles. The molecule has 29 heavy (non-hydrogen) atoms. The summed E-state index contributed by atoms with van der Waals surface area (Å²) in [7, 11) is -0.242. The molecule has 0 radical (unpaired) electrons. The normalized spacial score (nSPS) is 17.6. The molecule has 1 aliphatic heterocycles. The van der Waals surface area contributed by atoms with Crippen LogP contribution in [0, 0.1) is 0 Å². The van der Waals surface area contributed by atoms with Gasteiger partial charge in [0.05, 0.1) is 20.5 Å². The summed E-state index contributed by atoms with van der Waals surface area (Å²) in [5.41, 5.74) is 2.31. The number of sulfonamides is 1. The number of benzene rings is 2. The molecule has 1 saturated heterocycles. The van der Waals surface area contributed by atoms with Crippen LogP contribution in [0.25, 0.3) is 11.1 Å². The third-order valence-electron chi connectivity index (χ3n) is 5.05. The van der Waals surface area contributed by atoms with Gasteiger partial charge in [-0.1, -0.05) is 18.6 Å². The molecule has 1 heterocycles. The molecule has 0 saturated carbocycles. The van der Waals surface area contributed by atoms with Gasteiger partial charge in [-0.15, -0.1) is 0 Å². The maximum atomic E-state index is 12.8. The Morgan fingerprint density at radius 1 is 1.07 bits per heavy atom. The number of anilines is 1. The maximum Gasteiger partial charge on any atom is 0.242 e. The van der Waals surface area contributed by atoms with E-state index in [1.54, 1.807) is 26.4 Å². The number of amides is 1. The summed E-state index contributed by atoms with van der Waals surface area (Å²) < 4.78 is 36.1. The monoisotopic (exact) mass is 418 g/mol. The van der Waals surface area contributed by atoms with E-state index in [4.69, 9.17) is 9.47 Å². The lowest BCUT2D eigenvalue weighted by Crippen LogP contribution is -2.49. The van der Waals surface area contributed by atoms with Gasteiger partial charge in [-0.25, -0.2) is 8.42 Å². The van der Waals surface area contributed by atoms with Gasteiger partial charge in [0, 0.05) is 17.8 Å². The summed E-state index contributed by atoms with van der Waals surface area (Å²) in [5, 5.41) is 2.87. The predicted molar refractivity (Wildman–Crippen MR) is 113 cm³/mol. The quantitative estimate of drug-likeness (QED) is 0.779. The molecule has 1 amide bonds. The van der Waals surface area contributed by atoms with E-state index in [0.29, 0.717) is 24.4 Å². The fourth-order valence-corrected chi connectivity index (χ4v) is 4.70. The van der Waals surface area contributed by atoms with Crippen molar-refractivity contribution in [1.82, 2.24) is 4.31 Å². The van der Waals surface area contributed by atoms with Crippen LogP contribution in [0.5, 0.6) is 11.5 Å². The summed E-state index contributed by atoms with van der Waals surface area (Å²) in [4.78, 5) is 12.8. The van der Waals surface area contributed by atoms with E-state index in [1.807, 2.05) is 30.3 Å². The number of nitrogens with zero attached hydrogens (tertiary/aromatic N) is 1. The zero-order valence-electron chi connectivity index (χ0n) is 16.8. The second kappa shape index (κ2) is 8.84. The first-order valence-corrected chi connectivity index (χ1v) is 11.3. The molecule has 0 unspecified atom stereocenters. The molecule has 1 N–H and O–H groups in total. The molecule has 0 bridgehead atoms. The Hall–Kier alpha value is -2.58.